The number of morpholine rings is 1. The molecule has 1 unspecified atom stereocenters. The molecule has 5 nitrogen and oxygen atoms in total. The van der Waals surface area contributed by atoms with Crippen LogP contribution < -0.4 is 10.2 Å². The molecule has 0 radical (unpaired) electrons. The standard InChI is InChI=1S/C15H25N3O2/c1-12(2)7-16-8-13-3-4-15(17-9-13)18-5-6-20-14(10-18)11-19/h3-4,9,12,14,16,19H,5-8,10-11H2,1-2H3. The molecule has 1 aliphatic rings. The molecule has 1 fully saturated rings. The molecule has 2 heterocycles. The third-order valence-electron chi connectivity index (χ3n) is 3.36. The molecule has 1 atom stereocenters. The summed E-state index contributed by atoms with van der Waals surface area (Å²) in [4.78, 5) is 6.68. The Hall–Kier alpha value is -1.17. The first kappa shape index (κ1) is 15.2. The van der Waals surface area contributed by atoms with Gasteiger partial charge in [0.1, 0.15) is 5.82 Å². The summed E-state index contributed by atoms with van der Waals surface area (Å²) in [6, 6.07) is 4.16. The van der Waals surface area contributed by atoms with Crippen LogP contribution in [0.2, 0.25) is 0 Å². The van der Waals surface area contributed by atoms with Gasteiger partial charge in [-0.1, -0.05) is 19.9 Å². The fourth-order valence-corrected chi connectivity index (χ4v) is 2.25. The van der Waals surface area contributed by atoms with Crippen molar-refractivity contribution >= 4 is 5.82 Å². The molecule has 1 aliphatic heterocycles. The molecule has 1 saturated heterocycles. The fourth-order valence-electron chi connectivity index (χ4n) is 2.25. The van der Waals surface area contributed by atoms with Crippen molar-refractivity contribution in [2.24, 2.45) is 5.92 Å². The Balaban J connectivity index is 1.87. The van der Waals surface area contributed by atoms with Gasteiger partial charge in [-0.2, -0.15) is 0 Å². The molecule has 0 saturated carbocycles. The maximum atomic E-state index is 9.16. The van der Waals surface area contributed by atoms with Crippen LogP contribution in [0.25, 0.3) is 0 Å². The maximum absolute atomic E-state index is 9.16. The van der Waals surface area contributed by atoms with Crippen molar-refractivity contribution in [3.63, 3.8) is 0 Å². The van der Waals surface area contributed by atoms with Gasteiger partial charge in [0, 0.05) is 25.8 Å². The van der Waals surface area contributed by atoms with Crippen LogP contribution >= 0.6 is 0 Å². The Labute approximate surface area is 121 Å². The van der Waals surface area contributed by atoms with Crippen LogP contribution in [0.5, 0.6) is 0 Å². The Morgan fingerprint density at radius 2 is 2.35 bits per heavy atom. The lowest BCUT2D eigenvalue weighted by molar-refractivity contribution is 0.00336. The number of ether oxygens (including phenoxy) is 1. The molecule has 0 amide bonds. The van der Waals surface area contributed by atoms with Crippen LogP contribution in [0.3, 0.4) is 0 Å². The van der Waals surface area contributed by atoms with E-state index in [1.807, 2.05) is 12.3 Å². The van der Waals surface area contributed by atoms with Crippen LogP contribution in [0.4, 0.5) is 5.82 Å². The number of nitrogens with one attached hydrogen (secondary N) is 1. The van der Waals surface area contributed by atoms with E-state index in [0.717, 1.165) is 25.5 Å². The van der Waals surface area contributed by atoms with Crippen molar-refractivity contribution in [2.75, 3.05) is 37.7 Å². The molecule has 2 N–H and O–H groups in total. The van der Waals surface area contributed by atoms with Crippen LogP contribution in [0.1, 0.15) is 19.4 Å². The first-order valence-electron chi connectivity index (χ1n) is 7.32. The topological polar surface area (TPSA) is 57.6 Å². The second kappa shape index (κ2) is 7.57. The SMILES string of the molecule is CC(C)CNCc1ccc(N2CCOC(CO)C2)nc1. The van der Waals surface area contributed by atoms with Crippen molar-refractivity contribution in [3.8, 4) is 0 Å². The van der Waals surface area contributed by atoms with E-state index in [9.17, 15) is 0 Å². The van der Waals surface area contributed by atoms with Gasteiger partial charge in [-0.15, -0.1) is 0 Å². The minimum atomic E-state index is -0.0991. The van der Waals surface area contributed by atoms with Gasteiger partial charge in [0.25, 0.3) is 0 Å². The normalized spacial score (nSPS) is 19.6. The Morgan fingerprint density at radius 3 is 3.00 bits per heavy atom. The predicted molar refractivity (Wildman–Crippen MR) is 79.8 cm³/mol. The molecule has 0 aliphatic carbocycles. The van der Waals surface area contributed by atoms with E-state index >= 15 is 0 Å². The first-order valence-corrected chi connectivity index (χ1v) is 7.32. The highest BCUT2D eigenvalue weighted by molar-refractivity contribution is 5.40. The quantitative estimate of drug-likeness (QED) is 0.814. The summed E-state index contributed by atoms with van der Waals surface area (Å²) in [5.74, 6) is 1.62. The largest absolute Gasteiger partial charge is 0.394 e. The number of hydrogen-bond donors (Lipinski definition) is 2. The van der Waals surface area contributed by atoms with Crippen molar-refractivity contribution in [2.45, 2.75) is 26.5 Å². The number of nitrogens with zero attached hydrogens (tertiary/aromatic N) is 2. The molecular formula is C15H25N3O2. The highest BCUT2D eigenvalue weighted by Crippen LogP contribution is 2.15. The number of aliphatic hydroxyl groups is 1. The summed E-state index contributed by atoms with van der Waals surface area (Å²) >= 11 is 0. The lowest BCUT2D eigenvalue weighted by atomic mass is 10.2. The lowest BCUT2D eigenvalue weighted by Crippen LogP contribution is -2.44. The molecule has 0 aromatic carbocycles. The maximum Gasteiger partial charge on any atom is 0.128 e. The van der Waals surface area contributed by atoms with Crippen molar-refractivity contribution < 1.29 is 9.84 Å². The monoisotopic (exact) mass is 279 g/mol. The van der Waals surface area contributed by atoms with E-state index in [4.69, 9.17) is 9.84 Å². The third-order valence-corrected chi connectivity index (χ3v) is 3.36. The molecule has 20 heavy (non-hydrogen) atoms. The molecule has 1 aromatic rings. The molecular weight excluding hydrogens is 254 g/mol. The third kappa shape index (κ3) is 4.44. The zero-order valence-electron chi connectivity index (χ0n) is 12.4. The van der Waals surface area contributed by atoms with E-state index in [-0.39, 0.29) is 12.7 Å². The van der Waals surface area contributed by atoms with Crippen LogP contribution in [-0.4, -0.2) is 49.0 Å². The van der Waals surface area contributed by atoms with Crippen LogP contribution in [-0.2, 0) is 11.3 Å². The van der Waals surface area contributed by atoms with E-state index < -0.39 is 0 Å². The zero-order valence-corrected chi connectivity index (χ0v) is 12.4. The molecule has 5 heteroatoms. The van der Waals surface area contributed by atoms with Crippen LogP contribution in [0, 0.1) is 5.92 Å². The second-order valence-electron chi connectivity index (χ2n) is 5.67. The summed E-state index contributed by atoms with van der Waals surface area (Å²) in [6.45, 7) is 8.51. The fraction of sp³-hybridized carbons (Fsp3) is 0.667. The smallest absolute Gasteiger partial charge is 0.128 e. The van der Waals surface area contributed by atoms with Crippen molar-refractivity contribution in [3.05, 3.63) is 23.9 Å². The minimum absolute atomic E-state index is 0.0632. The van der Waals surface area contributed by atoms with Gasteiger partial charge in [0.15, 0.2) is 0 Å². The zero-order chi connectivity index (χ0) is 14.4. The summed E-state index contributed by atoms with van der Waals surface area (Å²) in [5, 5.41) is 12.6. The molecule has 0 bridgehead atoms. The number of rotatable bonds is 6. The van der Waals surface area contributed by atoms with Gasteiger partial charge in [-0.05, 0) is 24.1 Å². The predicted octanol–water partition coefficient (Wildman–Crippen LogP) is 1.02. The number of pyridine rings is 1. The van der Waals surface area contributed by atoms with E-state index in [1.54, 1.807) is 0 Å². The molecule has 0 spiro atoms. The molecule has 2 rings (SSSR count). The van der Waals surface area contributed by atoms with Crippen molar-refractivity contribution in [1.29, 1.82) is 0 Å². The summed E-state index contributed by atoms with van der Waals surface area (Å²) in [7, 11) is 0. The Morgan fingerprint density at radius 1 is 1.50 bits per heavy atom. The average molecular weight is 279 g/mol. The van der Waals surface area contributed by atoms with Gasteiger partial charge < -0.3 is 20.1 Å². The lowest BCUT2D eigenvalue weighted by Gasteiger charge is -2.32. The minimum Gasteiger partial charge on any atom is -0.394 e. The van der Waals surface area contributed by atoms with Gasteiger partial charge >= 0.3 is 0 Å². The molecule has 112 valence electrons. The highest BCUT2D eigenvalue weighted by Gasteiger charge is 2.20. The Kier molecular flexibility index (Phi) is 5.76. The number of anilines is 1. The van der Waals surface area contributed by atoms with Gasteiger partial charge in [-0.3, -0.25) is 0 Å². The average Bonchev–Trinajstić information content (AvgIpc) is 2.48. The van der Waals surface area contributed by atoms with E-state index in [0.29, 0.717) is 19.1 Å². The highest BCUT2D eigenvalue weighted by atomic mass is 16.5. The molecule has 1 aromatic heterocycles. The Bertz CT molecular complexity index is 395. The van der Waals surface area contributed by atoms with Gasteiger partial charge in [-0.25, -0.2) is 4.98 Å². The summed E-state index contributed by atoms with van der Waals surface area (Å²) < 4.78 is 5.45. The second-order valence-corrected chi connectivity index (χ2v) is 5.67. The number of aromatic nitrogens is 1. The first-order chi connectivity index (χ1) is 9.69. The van der Waals surface area contributed by atoms with E-state index in [1.165, 1.54) is 5.56 Å². The number of aliphatic hydroxyl groups excluding tert-OH is 1. The summed E-state index contributed by atoms with van der Waals surface area (Å²) in [5.41, 5.74) is 1.20. The van der Waals surface area contributed by atoms with Crippen molar-refractivity contribution in [1.82, 2.24) is 10.3 Å². The van der Waals surface area contributed by atoms with Crippen LogP contribution in [0.15, 0.2) is 18.3 Å². The van der Waals surface area contributed by atoms with Gasteiger partial charge in [0.05, 0.1) is 19.3 Å². The van der Waals surface area contributed by atoms with E-state index in [2.05, 4.69) is 35.1 Å². The van der Waals surface area contributed by atoms with Gasteiger partial charge in [0.2, 0.25) is 0 Å². The number of hydrogen-bond acceptors (Lipinski definition) is 5. The summed E-state index contributed by atoms with van der Waals surface area (Å²) in [6.07, 6.45) is 1.82.